The summed E-state index contributed by atoms with van der Waals surface area (Å²) in [4.78, 5) is 12.5. The molecule has 0 amide bonds. The maximum absolute atomic E-state index is 5.91. The van der Waals surface area contributed by atoms with Gasteiger partial charge in [0.15, 0.2) is 0 Å². The van der Waals surface area contributed by atoms with Gasteiger partial charge in [0.25, 0.3) is 0 Å². The number of nitrogens with two attached hydrogens (primary N) is 1. The molecule has 0 unspecified atom stereocenters. The van der Waals surface area contributed by atoms with Crippen molar-refractivity contribution in [1.82, 2.24) is 19.5 Å². The molecular formula is C14H15N5O. The molecule has 0 saturated carbocycles. The van der Waals surface area contributed by atoms with Crippen LogP contribution in [0.4, 0.5) is 5.82 Å². The number of nitrogen functional groups attached to an aromatic ring is 1. The molecule has 0 atom stereocenters. The molecule has 0 aliphatic rings. The zero-order valence-electron chi connectivity index (χ0n) is 11.2. The molecule has 0 bridgehead atoms. The van der Waals surface area contributed by atoms with Crippen molar-refractivity contribution in [3.8, 4) is 11.3 Å². The van der Waals surface area contributed by atoms with Gasteiger partial charge in [0.1, 0.15) is 18.1 Å². The van der Waals surface area contributed by atoms with Crippen molar-refractivity contribution in [2.75, 3.05) is 5.73 Å². The van der Waals surface area contributed by atoms with Gasteiger partial charge in [-0.3, -0.25) is 0 Å². The smallest absolute Gasteiger partial charge is 0.214 e. The molecule has 6 nitrogen and oxygen atoms in total. The number of hydrogen-bond acceptors (Lipinski definition) is 5. The molecule has 0 radical (unpaired) electrons. The normalized spacial score (nSPS) is 10.8. The van der Waals surface area contributed by atoms with E-state index in [4.69, 9.17) is 10.2 Å². The lowest BCUT2D eigenvalue weighted by atomic mass is 10.2. The Morgan fingerprint density at radius 2 is 2.20 bits per heavy atom. The molecule has 0 fully saturated rings. The highest BCUT2D eigenvalue weighted by Gasteiger charge is 2.11. The number of hydrogen-bond donors (Lipinski definition) is 1. The first-order valence-corrected chi connectivity index (χ1v) is 6.42. The summed E-state index contributed by atoms with van der Waals surface area (Å²) >= 11 is 0. The molecule has 2 N–H and O–H groups in total. The van der Waals surface area contributed by atoms with Crippen molar-refractivity contribution in [3.63, 3.8) is 0 Å². The molecule has 0 saturated heterocycles. The van der Waals surface area contributed by atoms with Crippen LogP contribution >= 0.6 is 0 Å². The van der Waals surface area contributed by atoms with Gasteiger partial charge in [-0.2, -0.15) is 0 Å². The van der Waals surface area contributed by atoms with Gasteiger partial charge in [0.2, 0.25) is 5.89 Å². The Bertz CT molecular complexity index is 716. The average Bonchev–Trinajstić information content (AvgIpc) is 3.09. The second kappa shape index (κ2) is 5.16. The molecule has 3 aromatic rings. The summed E-state index contributed by atoms with van der Waals surface area (Å²) in [5, 5.41) is 0. The second-order valence-electron chi connectivity index (χ2n) is 4.42. The summed E-state index contributed by atoms with van der Waals surface area (Å²) < 4.78 is 7.56. The summed E-state index contributed by atoms with van der Waals surface area (Å²) in [5.74, 6) is 2.02. The van der Waals surface area contributed by atoms with Gasteiger partial charge in [-0.1, -0.05) is 6.92 Å². The van der Waals surface area contributed by atoms with Crippen molar-refractivity contribution in [2.24, 2.45) is 0 Å². The molecule has 20 heavy (non-hydrogen) atoms. The first-order valence-electron chi connectivity index (χ1n) is 6.42. The standard InChI is InChI=1S/C14H15N5O/c1-2-10-6-18-13(20-10)8-19-9-16-7-12(19)11-4-3-5-17-14(11)15/h3-7,9H,2,8H2,1H3,(H2,15,17). The van der Waals surface area contributed by atoms with E-state index in [0.717, 1.165) is 23.4 Å². The van der Waals surface area contributed by atoms with E-state index in [1.165, 1.54) is 0 Å². The maximum atomic E-state index is 5.91. The average molecular weight is 269 g/mol. The fourth-order valence-electron chi connectivity index (χ4n) is 2.04. The lowest BCUT2D eigenvalue weighted by Crippen LogP contribution is -2.02. The minimum Gasteiger partial charge on any atom is -0.444 e. The lowest BCUT2D eigenvalue weighted by Gasteiger charge is -2.07. The third-order valence-electron chi connectivity index (χ3n) is 3.08. The van der Waals surface area contributed by atoms with Gasteiger partial charge in [0.05, 0.1) is 24.4 Å². The monoisotopic (exact) mass is 269 g/mol. The molecule has 0 spiro atoms. The van der Waals surface area contributed by atoms with E-state index in [-0.39, 0.29) is 0 Å². The molecular weight excluding hydrogens is 254 g/mol. The minimum atomic E-state index is 0.482. The van der Waals surface area contributed by atoms with Gasteiger partial charge in [-0.25, -0.2) is 15.0 Å². The molecule has 3 rings (SSSR count). The second-order valence-corrected chi connectivity index (χ2v) is 4.42. The Morgan fingerprint density at radius 1 is 1.30 bits per heavy atom. The highest BCUT2D eigenvalue weighted by Crippen LogP contribution is 2.24. The van der Waals surface area contributed by atoms with Crippen LogP contribution in [0.15, 0.2) is 41.5 Å². The number of oxazole rings is 1. The van der Waals surface area contributed by atoms with Crippen LogP contribution in [-0.4, -0.2) is 19.5 Å². The molecule has 3 aromatic heterocycles. The Labute approximate surface area is 116 Å². The van der Waals surface area contributed by atoms with Crippen molar-refractivity contribution >= 4 is 5.82 Å². The lowest BCUT2D eigenvalue weighted by molar-refractivity contribution is 0.447. The number of rotatable bonds is 4. The quantitative estimate of drug-likeness (QED) is 0.784. The van der Waals surface area contributed by atoms with Crippen LogP contribution in [0.2, 0.25) is 0 Å². The van der Waals surface area contributed by atoms with E-state index in [2.05, 4.69) is 15.0 Å². The molecule has 0 aliphatic heterocycles. The molecule has 3 heterocycles. The Morgan fingerprint density at radius 3 is 2.95 bits per heavy atom. The molecule has 0 aromatic carbocycles. The summed E-state index contributed by atoms with van der Waals surface area (Å²) in [6.45, 7) is 2.55. The highest BCUT2D eigenvalue weighted by molar-refractivity contribution is 5.70. The maximum Gasteiger partial charge on any atom is 0.214 e. The largest absolute Gasteiger partial charge is 0.444 e. The SMILES string of the molecule is CCc1cnc(Cn2cncc2-c2cccnc2N)o1. The van der Waals surface area contributed by atoms with Crippen molar-refractivity contribution in [3.05, 3.63) is 48.7 Å². The van der Waals surface area contributed by atoms with Crippen molar-refractivity contribution in [2.45, 2.75) is 19.9 Å². The summed E-state index contributed by atoms with van der Waals surface area (Å²) in [6, 6.07) is 3.77. The van der Waals surface area contributed by atoms with Crippen LogP contribution in [0.25, 0.3) is 11.3 Å². The first-order chi connectivity index (χ1) is 9.78. The minimum absolute atomic E-state index is 0.482. The number of pyridine rings is 1. The van der Waals surface area contributed by atoms with Crippen LogP contribution < -0.4 is 5.73 Å². The number of nitrogens with zero attached hydrogens (tertiary/aromatic N) is 4. The Balaban J connectivity index is 1.92. The third kappa shape index (κ3) is 2.27. The summed E-state index contributed by atoms with van der Waals surface area (Å²) in [7, 11) is 0. The van der Waals surface area contributed by atoms with Gasteiger partial charge in [-0.05, 0) is 12.1 Å². The van der Waals surface area contributed by atoms with Gasteiger partial charge >= 0.3 is 0 Å². The van der Waals surface area contributed by atoms with Gasteiger partial charge < -0.3 is 14.7 Å². The van der Waals surface area contributed by atoms with Gasteiger partial charge in [-0.15, -0.1) is 0 Å². The first kappa shape index (κ1) is 12.4. The van der Waals surface area contributed by atoms with E-state index in [1.807, 2.05) is 23.6 Å². The predicted molar refractivity (Wildman–Crippen MR) is 74.9 cm³/mol. The number of anilines is 1. The number of imidazole rings is 1. The van der Waals surface area contributed by atoms with E-state index < -0.39 is 0 Å². The Kier molecular flexibility index (Phi) is 3.20. The van der Waals surface area contributed by atoms with E-state index in [9.17, 15) is 0 Å². The van der Waals surface area contributed by atoms with Crippen LogP contribution in [0, 0.1) is 0 Å². The third-order valence-corrected chi connectivity index (χ3v) is 3.08. The molecule has 0 aliphatic carbocycles. The predicted octanol–water partition coefficient (Wildman–Crippen LogP) is 2.13. The van der Waals surface area contributed by atoms with E-state index in [0.29, 0.717) is 18.3 Å². The number of aromatic nitrogens is 4. The number of aryl methyl sites for hydroxylation is 1. The van der Waals surface area contributed by atoms with Crippen LogP contribution in [0.3, 0.4) is 0 Å². The van der Waals surface area contributed by atoms with Crippen LogP contribution in [-0.2, 0) is 13.0 Å². The van der Waals surface area contributed by atoms with Gasteiger partial charge in [0, 0.05) is 18.2 Å². The van der Waals surface area contributed by atoms with Crippen molar-refractivity contribution in [1.29, 1.82) is 0 Å². The zero-order chi connectivity index (χ0) is 13.9. The summed E-state index contributed by atoms with van der Waals surface area (Å²) in [6.07, 6.45) is 7.75. The fraction of sp³-hybridized carbons (Fsp3) is 0.214. The topological polar surface area (TPSA) is 82.8 Å². The highest BCUT2D eigenvalue weighted by atomic mass is 16.4. The molecule has 6 heteroatoms. The van der Waals surface area contributed by atoms with Crippen LogP contribution in [0.5, 0.6) is 0 Å². The molecule has 102 valence electrons. The van der Waals surface area contributed by atoms with E-state index >= 15 is 0 Å². The van der Waals surface area contributed by atoms with Crippen LogP contribution in [0.1, 0.15) is 18.6 Å². The Hall–Kier alpha value is -2.63. The summed E-state index contributed by atoms with van der Waals surface area (Å²) in [5.41, 5.74) is 7.66. The van der Waals surface area contributed by atoms with E-state index in [1.54, 1.807) is 24.9 Å². The zero-order valence-corrected chi connectivity index (χ0v) is 11.2. The van der Waals surface area contributed by atoms with Crippen molar-refractivity contribution < 1.29 is 4.42 Å². The fourth-order valence-corrected chi connectivity index (χ4v) is 2.04.